The van der Waals surface area contributed by atoms with E-state index < -0.39 is 23.6 Å². The summed E-state index contributed by atoms with van der Waals surface area (Å²) in [6.45, 7) is 2.36. The first-order valence-electron chi connectivity index (χ1n) is 6.35. The molecule has 2 rings (SSSR count). The lowest BCUT2D eigenvalue weighted by atomic mass is 9.98. The highest BCUT2D eigenvalue weighted by Crippen LogP contribution is 2.36. The standard InChI is InChI=1S/C13H14F4N4/c1-2-5-21-11(7-19-20-21)12(18)9-6-8(14)3-4-10(9)13(15,16)17/h3-4,6-7,12H,2,5,18H2,1H3. The Balaban J connectivity index is 2.49. The molecule has 0 bridgehead atoms. The molecular formula is C13H14F4N4. The number of nitrogens with two attached hydrogens (primary N) is 1. The summed E-state index contributed by atoms with van der Waals surface area (Å²) < 4.78 is 53.8. The van der Waals surface area contributed by atoms with E-state index in [1.807, 2.05) is 6.92 Å². The number of hydrogen-bond acceptors (Lipinski definition) is 3. The lowest BCUT2D eigenvalue weighted by Gasteiger charge is -2.19. The molecule has 0 aliphatic carbocycles. The van der Waals surface area contributed by atoms with Gasteiger partial charge in [0.15, 0.2) is 0 Å². The second kappa shape index (κ2) is 5.80. The molecule has 0 saturated carbocycles. The van der Waals surface area contributed by atoms with Crippen molar-refractivity contribution in [2.75, 3.05) is 0 Å². The van der Waals surface area contributed by atoms with Crippen LogP contribution in [-0.4, -0.2) is 15.0 Å². The average molecular weight is 302 g/mol. The molecule has 0 saturated heterocycles. The van der Waals surface area contributed by atoms with Gasteiger partial charge in [0.05, 0.1) is 23.5 Å². The lowest BCUT2D eigenvalue weighted by molar-refractivity contribution is -0.138. The molecule has 114 valence electrons. The third kappa shape index (κ3) is 3.21. The van der Waals surface area contributed by atoms with Crippen LogP contribution in [-0.2, 0) is 12.7 Å². The van der Waals surface area contributed by atoms with Crippen LogP contribution in [0, 0.1) is 5.82 Å². The number of halogens is 4. The van der Waals surface area contributed by atoms with E-state index in [-0.39, 0.29) is 5.56 Å². The van der Waals surface area contributed by atoms with Gasteiger partial charge in [0.2, 0.25) is 0 Å². The second-order valence-corrected chi connectivity index (χ2v) is 4.59. The van der Waals surface area contributed by atoms with Crippen LogP contribution in [0.25, 0.3) is 0 Å². The Morgan fingerprint density at radius 2 is 2.05 bits per heavy atom. The molecule has 0 radical (unpaired) electrons. The predicted molar refractivity (Wildman–Crippen MR) is 67.7 cm³/mol. The highest BCUT2D eigenvalue weighted by Gasteiger charge is 2.35. The summed E-state index contributed by atoms with van der Waals surface area (Å²) in [7, 11) is 0. The minimum absolute atomic E-state index is 0.313. The van der Waals surface area contributed by atoms with Crippen molar-refractivity contribution >= 4 is 0 Å². The van der Waals surface area contributed by atoms with Gasteiger partial charge in [0, 0.05) is 6.54 Å². The molecule has 0 aliphatic rings. The quantitative estimate of drug-likeness (QED) is 0.884. The van der Waals surface area contributed by atoms with Gasteiger partial charge in [-0.2, -0.15) is 13.2 Å². The lowest BCUT2D eigenvalue weighted by Crippen LogP contribution is -2.22. The first-order chi connectivity index (χ1) is 9.84. The molecule has 2 aromatic rings. The van der Waals surface area contributed by atoms with Gasteiger partial charge in [-0.05, 0) is 30.2 Å². The van der Waals surface area contributed by atoms with E-state index in [0.29, 0.717) is 18.3 Å². The molecule has 0 fully saturated rings. The molecule has 8 heteroatoms. The van der Waals surface area contributed by atoms with Crippen LogP contribution in [0.4, 0.5) is 17.6 Å². The largest absolute Gasteiger partial charge is 0.416 e. The molecule has 0 amide bonds. The molecule has 1 heterocycles. The number of aromatic nitrogens is 3. The number of nitrogens with zero attached hydrogens (tertiary/aromatic N) is 3. The zero-order valence-corrected chi connectivity index (χ0v) is 11.2. The zero-order valence-electron chi connectivity index (χ0n) is 11.2. The normalized spacial score (nSPS) is 13.4. The summed E-state index contributed by atoms with van der Waals surface area (Å²) in [6, 6.07) is 1.11. The van der Waals surface area contributed by atoms with Crippen molar-refractivity contribution in [3.8, 4) is 0 Å². The first kappa shape index (κ1) is 15.4. The molecule has 1 aromatic carbocycles. The van der Waals surface area contributed by atoms with Crippen LogP contribution in [0.3, 0.4) is 0 Å². The SMILES string of the molecule is CCCn1nncc1C(N)c1cc(F)ccc1C(F)(F)F. The maximum atomic E-state index is 13.3. The first-order valence-corrected chi connectivity index (χ1v) is 6.35. The van der Waals surface area contributed by atoms with Crippen LogP contribution in [0.1, 0.15) is 36.2 Å². The van der Waals surface area contributed by atoms with Crippen LogP contribution in [0.5, 0.6) is 0 Å². The fourth-order valence-corrected chi connectivity index (χ4v) is 2.10. The Kier molecular flexibility index (Phi) is 4.26. The van der Waals surface area contributed by atoms with E-state index in [9.17, 15) is 17.6 Å². The summed E-state index contributed by atoms with van der Waals surface area (Å²) in [5.74, 6) is -0.775. The van der Waals surface area contributed by atoms with Crippen LogP contribution in [0.15, 0.2) is 24.4 Å². The Morgan fingerprint density at radius 3 is 2.67 bits per heavy atom. The van der Waals surface area contributed by atoms with Crippen molar-refractivity contribution in [2.45, 2.75) is 32.1 Å². The second-order valence-electron chi connectivity index (χ2n) is 4.59. The van der Waals surface area contributed by atoms with Crippen LogP contribution >= 0.6 is 0 Å². The summed E-state index contributed by atoms with van der Waals surface area (Å²) in [6.07, 6.45) is -2.59. The Labute approximate surface area is 118 Å². The molecule has 0 spiro atoms. The topological polar surface area (TPSA) is 56.7 Å². The Morgan fingerprint density at radius 1 is 1.33 bits per heavy atom. The van der Waals surface area contributed by atoms with Gasteiger partial charge in [-0.3, -0.25) is 0 Å². The fraction of sp³-hybridized carbons (Fsp3) is 0.385. The van der Waals surface area contributed by atoms with E-state index in [4.69, 9.17) is 5.73 Å². The molecule has 21 heavy (non-hydrogen) atoms. The molecule has 4 nitrogen and oxygen atoms in total. The van der Waals surface area contributed by atoms with Crippen molar-refractivity contribution in [3.05, 3.63) is 47.0 Å². The maximum absolute atomic E-state index is 13.3. The minimum Gasteiger partial charge on any atom is -0.319 e. The summed E-state index contributed by atoms with van der Waals surface area (Å²) in [5, 5.41) is 7.44. The van der Waals surface area contributed by atoms with Crippen LogP contribution < -0.4 is 5.73 Å². The number of hydrogen-bond donors (Lipinski definition) is 1. The van der Waals surface area contributed by atoms with E-state index in [1.54, 1.807) is 0 Å². The van der Waals surface area contributed by atoms with Crippen molar-refractivity contribution in [3.63, 3.8) is 0 Å². The Bertz CT molecular complexity index is 621. The average Bonchev–Trinajstić information content (AvgIpc) is 2.85. The van der Waals surface area contributed by atoms with Gasteiger partial charge in [0.1, 0.15) is 5.82 Å². The van der Waals surface area contributed by atoms with E-state index in [1.165, 1.54) is 10.9 Å². The molecular weight excluding hydrogens is 288 g/mol. The van der Waals surface area contributed by atoms with Crippen LogP contribution in [0.2, 0.25) is 0 Å². The van der Waals surface area contributed by atoms with Gasteiger partial charge in [-0.1, -0.05) is 12.1 Å². The van der Waals surface area contributed by atoms with Gasteiger partial charge in [0.25, 0.3) is 0 Å². The summed E-state index contributed by atoms with van der Waals surface area (Å²) >= 11 is 0. The molecule has 1 atom stereocenters. The van der Waals surface area contributed by atoms with Crippen molar-refractivity contribution < 1.29 is 17.6 Å². The Hall–Kier alpha value is -1.96. The molecule has 0 aliphatic heterocycles. The number of alkyl halides is 3. The minimum atomic E-state index is -4.61. The van der Waals surface area contributed by atoms with Crippen molar-refractivity contribution in [2.24, 2.45) is 5.73 Å². The van der Waals surface area contributed by atoms with E-state index in [0.717, 1.165) is 18.6 Å². The van der Waals surface area contributed by atoms with Gasteiger partial charge in [-0.25, -0.2) is 9.07 Å². The summed E-state index contributed by atoms with van der Waals surface area (Å²) in [4.78, 5) is 0. The summed E-state index contributed by atoms with van der Waals surface area (Å²) in [5.41, 5.74) is 4.91. The number of benzene rings is 1. The fourth-order valence-electron chi connectivity index (χ4n) is 2.10. The monoisotopic (exact) mass is 302 g/mol. The van der Waals surface area contributed by atoms with E-state index >= 15 is 0 Å². The van der Waals surface area contributed by atoms with Crippen molar-refractivity contribution in [1.29, 1.82) is 0 Å². The molecule has 2 N–H and O–H groups in total. The third-order valence-corrected chi connectivity index (χ3v) is 3.06. The highest BCUT2D eigenvalue weighted by molar-refractivity contribution is 5.36. The predicted octanol–water partition coefficient (Wildman–Crippen LogP) is 2.89. The highest BCUT2D eigenvalue weighted by atomic mass is 19.4. The molecule has 1 aromatic heterocycles. The number of aryl methyl sites for hydroxylation is 1. The van der Waals surface area contributed by atoms with Crippen molar-refractivity contribution in [1.82, 2.24) is 15.0 Å². The maximum Gasteiger partial charge on any atom is 0.416 e. The smallest absolute Gasteiger partial charge is 0.319 e. The molecule has 1 unspecified atom stereocenters. The van der Waals surface area contributed by atoms with Gasteiger partial charge in [-0.15, -0.1) is 5.10 Å². The zero-order chi connectivity index (χ0) is 15.6. The van der Waals surface area contributed by atoms with Gasteiger partial charge < -0.3 is 5.73 Å². The third-order valence-electron chi connectivity index (χ3n) is 3.06. The number of rotatable bonds is 4. The van der Waals surface area contributed by atoms with E-state index in [2.05, 4.69) is 10.3 Å². The van der Waals surface area contributed by atoms with Gasteiger partial charge >= 0.3 is 6.18 Å².